The van der Waals surface area contributed by atoms with Gasteiger partial charge in [0.1, 0.15) is 0 Å². The molecular formula is C16H18O3Si. The molecule has 0 fully saturated rings. The van der Waals surface area contributed by atoms with E-state index in [0.29, 0.717) is 0 Å². The molecule has 0 bridgehead atoms. The topological polar surface area (TPSA) is 27.7 Å². The van der Waals surface area contributed by atoms with Crippen molar-refractivity contribution in [2.45, 2.75) is 6.42 Å². The second-order valence-electron chi connectivity index (χ2n) is 4.84. The van der Waals surface area contributed by atoms with Gasteiger partial charge in [0.25, 0.3) is 0 Å². The molecule has 0 N–H and O–H groups in total. The van der Waals surface area contributed by atoms with Crippen LogP contribution in [0.1, 0.15) is 11.1 Å². The molecule has 1 aliphatic rings. The number of rotatable bonds is 4. The van der Waals surface area contributed by atoms with Gasteiger partial charge in [-0.15, -0.1) is 0 Å². The first kappa shape index (κ1) is 13.5. The second-order valence-corrected chi connectivity index (χ2v) is 7.72. The molecule has 2 aromatic rings. The molecule has 104 valence electrons. The van der Waals surface area contributed by atoms with Gasteiger partial charge < -0.3 is 13.3 Å². The Labute approximate surface area is 120 Å². The van der Waals surface area contributed by atoms with E-state index >= 15 is 0 Å². The minimum absolute atomic E-state index is 0.959. The van der Waals surface area contributed by atoms with Crippen LogP contribution in [-0.4, -0.2) is 30.1 Å². The van der Waals surface area contributed by atoms with Gasteiger partial charge in [0, 0.05) is 26.5 Å². The summed E-state index contributed by atoms with van der Waals surface area (Å²) >= 11 is 0. The molecule has 0 radical (unpaired) electrons. The highest BCUT2D eigenvalue weighted by molar-refractivity contribution is 6.76. The summed E-state index contributed by atoms with van der Waals surface area (Å²) in [5.41, 5.74) is 5.15. The summed E-state index contributed by atoms with van der Waals surface area (Å²) in [7, 11) is 2.14. The van der Waals surface area contributed by atoms with Gasteiger partial charge in [-0.2, -0.15) is 0 Å². The van der Waals surface area contributed by atoms with Crippen LogP contribution >= 0.6 is 0 Å². The van der Waals surface area contributed by atoms with E-state index in [2.05, 4.69) is 42.5 Å². The molecule has 3 rings (SSSR count). The maximum Gasteiger partial charge on any atom is 0.537 e. The summed E-state index contributed by atoms with van der Waals surface area (Å²) in [5, 5.41) is 1.05. The largest absolute Gasteiger partial charge is 0.537 e. The molecular weight excluding hydrogens is 268 g/mol. The van der Waals surface area contributed by atoms with Crippen LogP contribution < -0.4 is 5.19 Å². The highest BCUT2D eigenvalue weighted by Crippen LogP contribution is 2.36. The van der Waals surface area contributed by atoms with E-state index in [1.165, 1.54) is 22.3 Å². The molecule has 2 aromatic carbocycles. The molecule has 0 saturated carbocycles. The first-order chi connectivity index (χ1) is 9.75. The van der Waals surface area contributed by atoms with Crippen molar-refractivity contribution in [2.75, 3.05) is 21.3 Å². The first-order valence-electron chi connectivity index (χ1n) is 6.62. The third-order valence-electron chi connectivity index (χ3n) is 3.95. The van der Waals surface area contributed by atoms with Crippen LogP contribution in [0.25, 0.3) is 11.1 Å². The molecule has 3 nitrogen and oxygen atoms in total. The van der Waals surface area contributed by atoms with Crippen LogP contribution in [0.2, 0.25) is 0 Å². The monoisotopic (exact) mass is 286 g/mol. The Morgan fingerprint density at radius 3 is 2.15 bits per heavy atom. The lowest BCUT2D eigenvalue weighted by Crippen LogP contribution is -2.55. The SMILES string of the molecule is CO[Si](OC)(OC)c1cccc2c1-c1ccccc1C2. The van der Waals surface area contributed by atoms with Crippen LogP contribution in [0.4, 0.5) is 0 Å². The molecule has 20 heavy (non-hydrogen) atoms. The summed E-state index contributed by atoms with van der Waals surface area (Å²) < 4.78 is 17.0. The maximum atomic E-state index is 5.66. The van der Waals surface area contributed by atoms with Crippen molar-refractivity contribution in [3.05, 3.63) is 53.6 Å². The van der Waals surface area contributed by atoms with Crippen molar-refractivity contribution in [1.82, 2.24) is 0 Å². The number of benzene rings is 2. The van der Waals surface area contributed by atoms with Crippen molar-refractivity contribution < 1.29 is 13.3 Å². The highest BCUT2D eigenvalue weighted by atomic mass is 28.4. The third kappa shape index (κ3) is 1.84. The Bertz CT molecular complexity index is 627. The van der Waals surface area contributed by atoms with E-state index in [4.69, 9.17) is 13.3 Å². The van der Waals surface area contributed by atoms with Gasteiger partial charge >= 0.3 is 8.80 Å². The Morgan fingerprint density at radius 2 is 1.45 bits per heavy atom. The molecule has 1 aliphatic carbocycles. The average Bonchev–Trinajstić information content (AvgIpc) is 2.88. The fourth-order valence-electron chi connectivity index (χ4n) is 3.02. The third-order valence-corrected chi connectivity index (χ3v) is 6.64. The molecule has 0 saturated heterocycles. The standard InChI is InChI=1S/C16H18O3Si/c1-17-20(18-2,19-3)15-10-6-8-13-11-12-7-4-5-9-14(12)16(13)15/h4-10H,11H2,1-3H3. The number of fused-ring (bicyclic) bond motifs is 3. The van der Waals surface area contributed by atoms with Gasteiger partial charge in [0.05, 0.1) is 0 Å². The average molecular weight is 286 g/mol. The Morgan fingerprint density at radius 1 is 0.800 bits per heavy atom. The lowest BCUT2D eigenvalue weighted by molar-refractivity contribution is 0.140. The van der Waals surface area contributed by atoms with Gasteiger partial charge in [-0.1, -0.05) is 42.5 Å². The molecule has 4 heteroatoms. The number of hydrogen-bond acceptors (Lipinski definition) is 3. The Kier molecular flexibility index (Phi) is 3.48. The lowest BCUT2D eigenvalue weighted by Gasteiger charge is -2.26. The molecule has 0 unspecified atom stereocenters. The zero-order chi connectivity index (χ0) is 14.2. The Hall–Kier alpha value is -1.46. The fourth-order valence-corrected chi connectivity index (χ4v) is 5.09. The van der Waals surface area contributed by atoms with E-state index in [-0.39, 0.29) is 0 Å². The van der Waals surface area contributed by atoms with Crippen LogP contribution in [0.5, 0.6) is 0 Å². The van der Waals surface area contributed by atoms with Gasteiger partial charge in [-0.3, -0.25) is 0 Å². The van der Waals surface area contributed by atoms with Crippen LogP contribution in [-0.2, 0) is 19.7 Å². The van der Waals surface area contributed by atoms with Crippen molar-refractivity contribution in [1.29, 1.82) is 0 Å². The summed E-state index contributed by atoms with van der Waals surface area (Å²) in [6.45, 7) is 0. The zero-order valence-electron chi connectivity index (χ0n) is 12.0. The first-order valence-corrected chi connectivity index (χ1v) is 8.34. The molecule has 0 spiro atoms. The van der Waals surface area contributed by atoms with E-state index in [1.54, 1.807) is 21.3 Å². The highest BCUT2D eigenvalue weighted by Gasteiger charge is 2.44. The van der Waals surface area contributed by atoms with Gasteiger partial charge in [-0.05, 0) is 28.7 Å². The van der Waals surface area contributed by atoms with Crippen molar-refractivity contribution in [2.24, 2.45) is 0 Å². The number of hydrogen-bond donors (Lipinski definition) is 0. The van der Waals surface area contributed by atoms with Gasteiger partial charge in [0.15, 0.2) is 0 Å². The fraction of sp³-hybridized carbons (Fsp3) is 0.250. The molecule has 0 aromatic heterocycles. The van der Waals surface area contributed by atoms with Crippen molar-refractivity contribution in [3.63, 3.8) is 0 Å². The molecule has 0 atom stereocenters. The summed E-state index contributed by atoms with van der Waals surface area (Å²) in [5.74, 6) is 0. The normalized spacial score (nSPS) is 13.2. The van der Waals surface area contributed by atoms with Crippen LogP contribution in [0, 0.1) is 0 Å². The second kappa shape index (κ2) is 5.14. The van der Waals surface area contributed by atoms with E-state index in [1.807, 2.05) is 0 Å². The molecule has 0 amide bonds. The van der Waals surface area contributed by atoms with Crippen molar-refractivity contribution in [3.8, 4) is 11.1 Å². The lowest BCUT2D eigenvalue weighted by atomic mass is 10.1. The van der Waals surface area contributed by atoms with E-state index in [9.17, 15) is 0 Å². The summed E-state index contributed by atoms with van der Waals surface area (Å²) in [4.78, 5) is 0. The minimum Gasteiger partial charge on any atom is -0.373 e. The molecule has 0 aliphatic heterocycles. The van der Waals surface area contributed by atoms with E-state index < -0.39 is 8.80 Å². The summed E-state index contributed by atoms with van der Waals surface area (Å²) in [6.07, 6.45) is 0.959. The summed E-state index contributed by atoms with van der Waals surface area (Å²) in [6, 6.07) is 14.8. The van der Waals surface area contributed by atoms with E-state index in [0.717, 1.165) is 11.6 Å². The van der Waals surface area contributed by atoms with Crippen LogP contribution in [0.15, 0.2) is 42.5 Å². The smallest absolute Gasteiger partial charge is 0.373 e. The zero-order valence-corrected chi connectivity index (χ0v) is 13.0. The maximum absolute atomic E-state index is 5.66. The minimum atomic E-state index is -2.82. The predicted molar refractivity (Wildman–Crippen MR) is 81.1 cm³/mol. The van der Waals surface area contributed by atoms with Crippen molar-refractivity contribution >= 4 is 14.0 Å². The predicted octanol–water partition coefficient (Wildman–Crippen LogP) is 2.34. The van der Waals surface area contributed by atoms with Gasteiger partial charge in [0.2, 0.25) is 0 Å². The molecule has 0 heterocycles. The Balaban J connectivity index is 2.25. The van der Waals surface area contributed by atoms with Gasteiger partial charge in [-0.25, -0.2) is 0 Å². The quantitative estimate of drug-likeness (QED) is 0.689. The van der Waals surface area contributed by atoms with Crippen LogP contribution in [0.3, 0.4) is 0 Å².